The maximum atomic E-state index is 10.6. The number of hydrogen-bond donors (Lipinski definition) is 1. The first-order valence-corrected chi connectivity index (χ1v) is 6.52. The van der Waals surface area contributed by atoms with Gasteiger partial charge in [-0.3, -0.25) is 4.79 Å². The van der Waals surface area contributed by atoms with Crippen LogP contribution in [0.1, 0.15) is 38.2 Å². The maximum Gasteiger partial charge on any atom is 0.306 e. The second kappa shape index (κ2) is 7.75. The highest BCUT2D eigenvalue weighted by Gasteiger charge is 2.09. The predicted octanol–water partition coefficient (Wildman–Crippen LogP) is 3.65. The summed E-state index contributed by atoms with van der Waals surface area (Å²) in [6, 6.07) is 8.01. The lowest BCUT2D eigenvalue weighted by Gasteiger charge is -2.07. The summed E-state index contributed by atoms with van der Waals surface area (Å²) in [4.78, 5) is 10.6. The van der Waals surface area contributed by atoms with E-state index >= 15 is 0 Å². The third-order valence-electron chi connectivity index (χ3n) is 2.99. The number of carboxylic acid groups (broad SMARTS) is 1. The van der Waals surface area contributed by atoms with Crippen molar-refractivity contribution in [2.75, 3.05) is 6.61 Å². The van der Waals surface area contributed by atoms with Crippen molar-refractivity contribution >= 4 is 5.97 Å². The summed E-state index contributed by atoms with van der Waals surface area (Å²) >= 11 is 0. The average Bonchev–Trinajstić information content (AvgIpc) is 2.35. The molecule has 18 heavy (non-hydrogen) atoms. The summed E-state index contributed by atoms with van der Waals surface area (Å²) in [7, 11) is 0. The van der Waals surface area contributed by atoms with E-state index in [9.17, 15) is 4.79 Å². The fourth-order valence-corrected chi connectivity index (χ4v) is 1.68. The number of aliphatic carboxylic acids is 1. The number of ether oxygens (including phenoxy) is 1. The molecule has 0 aromatic heterocycles. The Morgan fingerprint density at radius 3 is 2.50 bits per heavy atom. The molecule has 1 atom stereocenters. The van der Waals surface area contributed by atoms with Gasteiger partial charge in [-0.25, -0.2) is 0 Å². The Kier molecular flexibility index (Phi) is 6.26. The van der Waals surface area contributed by atoms with Crippen molar-refractivity contribution in [1.82, 2.24) is 0 Å². The molecule has 0 aliphatic rings. The van der Waals surface area contributed by atoms with Crippen molar-refractivity contribution in [3.8, 4) is 5.75 Å². The highest BCUT2D eigenvalue weighted by molar-refractivity contribution is 5.69. The first-order chi connectivity index (χ1) is 8.59. The lowest BCUT2D eigenvalue weighted by molar-refractivity contribution is -0.141. The summed E-state index contributed by atoms with van der Waals surface area (Å²) in [6.07, 6.45) is 3.69. The van der Waals surface area contributed by atoms with Gasteiger partial charge in [-0.2, -0.15) is 0 Å². The molecule has 0 saturated carbocycles. The van der Waals surface area contributed by atoms with Crippen LogP contribution in [0.5, 0.6) is 5.75 Å². The van der Waals surface area contributed by atoms with Crippen LogP contribution >= 0.6 is 0 Å². The van der Waals surface area contributed by atoms with Crippen LogP contribution in [-0.4, -0.2) is 17.7 Å². The van der Waals surface area contributed by atoms with Crippen LogP contribution in [0.4, 0.5) is 0 Å². The number of rotatable bonds is 8. The topological polar surface area (TPSA) is 46.5 Å². The number of unbranched alkanes of at least 4 members (excludes halogenated alkanes) is 2. The van der Waals surface area contributed by atoms with E-state index in [4.69, 9.17) is 9.84 Å². The summed E-state index contributed by atoms with van der Waals surface area (Å²) < 4.78 is 5.60. The third kappa shape index (κ3) is 5.71. The number of carboxylic acids is 1. The Morgan fingerprint density at radius 2 is 1.89 bits per heavy atom. The quantitative estimate of drug-likeness (QED) is 0.716. The van der Waals surface area contributed by atoms with E-state index < -0.39 is 5.97 Å². The third-order valence-corrected chi connectivity index (χ3v) is 2.99. The monoisotopic (exact) mass is 250 g/mol. The van der Waals surface area contributed by atoms with Crippen LogP contribution in [-0.2, 0) is 4.79 Å². The molecular weight excluding hydrogens is 228 g/mol. The zero-order valence-corrected chi connectivity index (χ0v) is 11.2. The Bertz CT molecular complexity index is 357. The van der Waals surface area contributed by atoms with Gasteiger partial charge < -0.3 is 9.84 Å². The fourth-order valence-electron chi connectivity index (χ4n) is 1.68. The SMILES string of the molecule is Cc1ccc(OCCCCCC(C)C(=O)O)cc1. The molecule has 0 radical (unpaired) electrons. The summed E-state index contributed by atoms with van der Waals surface area (Å²) in [5.74, 6) is -0.0339. The van der Waals surface area contributed by atoms with Gasteiger partial charge >= 0.3 is 5.97 Å². The largest absolute Gasteiger partial charge is 0.494 e. The predicted molar refractivity (Wildman–Crippen MR) is 71.9 cm³/mol. The Balaban J connectivity index is 2.05. The van der Waals surface area contributed by atoms with Gasteiger partial charge in [0.25, 0.3) is 0 Å². The van der Waals surface area contributed by atoms with E-state index in [-0.39, 0.29) is 5.92 Å². The van der Waals surface area contributed by atoms with Gasteiger partial charge in [0, 0.05) is 0 Å². The van der Waals surface area contributed by atoms with Gasteiger partial charge in [0.05, 0.1) is 12.5 Å². The second-order valence-electron chi connectivity index (χ2n) is 4.75. The normalized spacial score (nSPS) is 12.1. The highest BCUT2D eigenvalue weighted by Crippen LogP contribution is 2.13. The van der Waals surface area contributed by atoms with Gasteiger partial charge in [0.15, 0.2) is 0 Å². The van der Waals surface area contributed by atoms with Gasteiger partial charge in [-0.05, 0) is 31.9 Å². The van der Waals surface area contributed by atoms with E-state index in [0.29, 0.717) is 6.61 Å². The number of benzene rings is 1. The number of aryl methyl sites for hydroxylation is 1. The average molecular weight is 250 g/mol. The van der Waals surface area contributed by atoms with Gasteiger partial charge in [0.1, 0.15) is 5.75 Å². The molecule has 100 valence electrons. The zero-order chi connectivity index (χ0) is 13.4. The molecule has 0 bridgehead atoms. The molecule has 3 nitrogen and oxygen atoms in total. The molecule has 0 aliphatic heterocycles. The number of hydrogen-bond acceptors (Lipinski definition) is 2. The number of carbonyl (C=O) groups is 1. The van der Waals surface area contributed by atoms with Gasteiger partial charge in [-0.1, -0.05) is 37.5 Å². The lowest BCUT2D eigenvalue weighted by atomic mass is 10.0. The van der Waals surface area contributed by atoms with Crippen LogP contribution in [0.3, 0.4) is 0 Å². The van der Waals surface area contributed by atoms with E-state index in [1.54, 1.807) is 6.92 Å². The molecule has 3 heteroatoms. The molecule has 1 N–H and O–H groups in total. The molecule has 0 fully saturated rings. The molecule has 0 aliphatic carbocycles. The van der Waals surface area contributed by atoms with Crippen molar-refractivity contribution < 1.29 is 14.6 Å². The van der Waals surface area contributed by atoms with Crippen LogP contribution in [0.2, 0.25) is 0 Å². The minimum Gasteiger partial charge on any atom is -0.494 e. The first-order valence-electron chi connectivity index (χ1n) is 6.52. The maximum absolute atomic E-state index is 10.6. The van der Waals surface area contributed by atoms with Crippen LogP contribution in [0.15, 0.2) is 24.3 Å². The van der Waals surface area contributed by atoms with Crippen molar-refractivity contribution in [2.24, 2.45) is 5.92 Å². The van der Waals surface area contributed by atoms with E-state index in [1.165, 1.54) is 5.56 Å². The summed E-state index contributed by atoms with van der Waals surface area (Å²) in [5, 5.41) is 8.73. The zero-order valence-electron chi connectivity index (χ0n) is 11.2. The fraction of sp³-hybridized carbons (Fsp3) is 0.533. The van der Waals surface area contributed by atoms with Crippen molar-refractivity contribution in [2.45, 2.75) is 39.5 Å². The van der Waals surface area contributed by atoms with Crippen molar-refractivity contribution in [3.05, 3.63) is 29.8 Å². The molecule has 1 aromatic rings. The van der Waals surface area contributed by atoms with Gasteiger partial charge in [-0.15, -0.1) is 0 Å². The van der Waals surface area contributed by atoms with Gasteiger partial charge in [0.2, 0.25) is 0 Å². The van der Waals surface area contributed by atoms with Crippen molar-refractivity contribution in [1.29, 1.82) is 0 Å². The minimum absolute atomic E-state index is 0.233. The second-order valence-corrected chi connectivity index (χ2v) is 4.75. The molecule has 0 heterocycles. The summed E-state index contributed by atoms with van der Waals surface area (Å²) in [5.41, 5.74) is 1.23. The Labute approximate surface area is 109 Å². The molecule has 0 spiro atoms. The first kappa shape index (κ1) is 14.6. The molecule has 0 amide bonds. The Hall–Kier alpha value is -1.51. The standard InChI is InChI=1S/C15H22O3/c1-12-7-9-14(10-8-12)18-11-5-3-4-6-13(2)15(16)17/h7-10,13H,3-6,11H2,1-2H3,(H,16,17). The van der Waals surface area contributed by atoms with E-state index in [1.807, 2.05) is 31.2 Å². The highest BCUT2D eigenvalue weighted by atomic mass is 16.5. The molecular formula is C15H22O3. The van der Waals surface area contributed by atoms with Crippen LogP contribution in [0.25, 0.3) is 0 Å². The lowest BCUT2D eigenvalue weighted by Crippen LogP contribution is -2.09. The molecule has 1 unspecified atom stereocenters. The van der Waals surface area contributed by atoms with E-state index in [2.05, 4.69) is 0 Å². The van der Waals surface area contributed by atoms with Crippen LogP contribution in [0, 0.1) is 12.8 Å². The molecule has 1 rings (SSSR count). The minimum atomic E-state index is -0.703. The van der Waals surface area contributed by atoms with E-state index in [0.717, 1.165) is 31.4 Å². The summed E-state index contributed by atoms with van der Waals surface area (Å²) in [6.45, 7) is 4.50. The smallest absolute Gasteiger partial charge is 0.306 e. The molecule has 0 saturated heterocycles. The Morgan fingerprint density at radius 1 is 1.22 bits per heavy atom. The van der Waals surface area contributed by atoms with Crippen LogP contribution < -0.4 is 4.74 Å². The van der Waals surface area contributed by atoms with Crippen molar-refractivity contribution in [3.63, 3.8) is 0 Å². The molecule has 1 aromatic carbocycles.